The first-order chi connectivity index (χ1) is 16.5. The Balaban J connectivity index is 1.22. The fraction of sp³-hybridized carbons (Fsp3) is 0.296. The fourth-order valence-electron chi connectivity index (χ4n) is 4.30. The molecule has 1 saturated heterocycles. The minimum absolute atomic E-state index is 0.330. The van der Waals surface area contributed by atoms with Gasteiger partial charge < -0.3 is 24.7 Å². The highest BCUT2D eigenvalue weighted by molar-refractivity contribution is 6.30. The van der Waals surface area contributed by atoms with Gasteiger partial charge in [-0.3, -0.25) is 0 Å². The predicted octanol–water partition coefficient (Wildman–Crippen LogP) is 5.72. The number of hydrogen-bond acceptors (Lipinski definition) is 6. The third-order valence-electron chi connectivity index (χ3n) is 6.27. The van der Waals surface area contributed by atoms with Crippen LogP contribution in [0.2, 0.25) is 5.02 Å². The molecule has 0 bridgehead atoms. The maximum atomic E-state index is 6.09. The summed E-state index contributed by atoms with van der Waals surface area (Å²) in [4.78, 5) is 9.16. The van der Waals surface area contributed by atoms with Gasteiger partial charge >= 0.3 is 0 Å². The van der Waals surface area contributed by atoms with Crippen LogP contribution >= 0.6 is 11.6 Å². The molecule has 1 aromatic heterocycles. The number of rotatable bonds is 8. The zero-order valence-corrected chi connectivity index (χ0v) is 20.0. The summed E-state index contributed by atoms with van der Waals surface area (Å²) in [7, 11) is 2.01. The van der Waals surface area contributed by atoms with Gasteiger partial charge in [-0.1, -0.05) is 11.6 Å². The van der Waals surface area contributed by atoms with E-state index in [0.29, 0.717) is 18.5 Å². The zero-order valence-electron chi connectivity index (χ0n) is 19.3. The smallest absolute Gasteiger partial charge is 0.227 e. The van der Waals surface area contributed by atoms with Crippen molar-refractivity contribution in [3.05, 3.63) is 71.8 Å². The second-order valence-corrected chi connectivity index (χ2v) is 9.22. The van der Waals surface area contributed by atoms with E-state index in [-0.39, 0.29) is 0 Å². The third-order valence-corrected chi connectivity index (χ3v) is 6.52. The van der Waals surface area contributed by atoms with Crippen molar-refractivity contribution in [2.75, 3.05) is 38.2 Å². The van der Waals surface area contributed by atoms with Crippen LogP contribution in [0.4, 0.5) is 11.4 Å². The van der Waals surface area contributed by atoms with Crippen LogP contribution < -0.4 is 15.4 Å². The molecule has 4 aromatic rings. The number of likely N-dealkylation sites (tertiary alicyclic amines) is 1. The van der Waals surface area contributed by atoms with Crippen molar-refractivity contribution in [2.24, 2.45) is 5.73 Å². The maximum Gasteiger partial charge on any atom is 0.227 e. The molecular formula is C27H29ClN4O2. The van der Waals surface area contributed by atoms with Crippen molar-refractivity contribution in [2.45, 2.75) is 18.9 Å². The van der Waals surface area contributed by atoms with Gasteiger partial charge in [0, 0.05) is 54.2 Å². The fourth-order valence-corrected chi connectivity index (χ4v) is 4.42. The molecule has 6 nitrogen and oxygen atoms in total. The highest BCUT2D eigenvalue weighted by Crippen LogP contribution is 2.31. The van der Waals surface area contributed by atoms with Crippen molar-refractivity contribution in [1.29, 1.82) is 0 Å². The molecule has 5 rings (SSSR count). The van der Waals surface area contributed by atoms with Crippen LogP contribution in [0.15, 0.2) is 71.1 Å². The number of aromatic nitrogens is 1. The van der Waals surface area contributed by atoms with Crippen LogP contribution in [-0.4, -0.2) is 49.2 Å². The van der Waals surface area contributed by atoms with E-state index >= 15 is 0 Å². The number of nitrogens with two attached hydrogens (primary N) is 1. The normalized spacial score (nSPS) is 16.3. The molecule has 2 N–H and O–H groups in total. The van der Waals surface area contributed by atoms with Crippen molar-refractivity contribution < 1.29 is 9.15 Å². The second-order valence-electron chi connectivity index (χ2n) is 8.78. The van der Waals surface area contributed by atoms with Gasteiger partial charge in [-0.15, -0.1) is 0 Å². The van der Waals surface area contributed by atoms with E-state index < -0.39 is 0 Å². The van der Waals surface area contributed by atoms with Gasteiger partial charge in [0.1, 0.15) is 11.3 Å². The highest BCUT2D eigenvalue weighted by Gasteiger charge is 2.18. The molecule has 176 valence electrons. The summed E-state index contributed by atoms with van der Waals surface area (Å²) in [6.07, 6.45) is 2.09. The average Bonchev–Trinajstić information content (AvgIpc) is 3.47. The third kappa shape index (κ3) is 5.20. The topological polar surface area (TPSA) is 67.8 Å². The van der Waals surface area contributed by atoms with Crippen LogP contribution in [0.5, 0.6) is 5.75 Å². The first-order valence-corrected chi connectivity index (χ1v) is 12.0. The van der Waals surface area contributed by atoms with E-state index in [1.54, 1.807) is 0 Å². The lowest BCUT2D eigenvalue weighted by Crippen LogP contribution is -2.28. The SMILES string of the molecule is CN(c1ccc(Cl)cc1)c1ccc2nc(-c3ccc(OCCCN4CC[C@@H](N)C4)cc3)oc2c1. The predicted molar refractivity (Wildman–Crippen MR) is 138 cm³/mol. The van der Waals surface area contributed by atoms with Crippen LogP contribution in [0.1, 0.15) is 12.8 Å². The molecule has 0 spiro atoms. The van der Waals surface area contributed by atoms with E-state index in [0.717, 1.165) is 71.3 Å². The molecule has 1 aliphatic rings. The molecule has 1 atom stereocenters. The summed E-state index contributed by atoms with van der Waals surface area (Å²) in [6.45, 7) is 3.82. The lowest BCUT2D eigenvalue weighted by atomic mass is 10.2. The molecule has 0 aliphatic carbocycles. The molecular weight excluding hydrogens is 448 g/mol. The summed E-state index contributed by atoms with van der Waals surface area (Å²) in [5.41, 5.74) is 10.5. The molecule has 2 heterocycles. The first-order valence-electron chi connectivity index (χ1n) is 11.7. The van der Waals surface area contributed by atoms with E-state index in [2.05, 4.69) is 14.8 Å². The maximum absolute atomic E-state index is 6.09. The van der Waals surface area contributed by atoms with Gasteiger partial charge in [0.15, 0.2) is 5.58 Å². The number of oxazole rings is 1. The molecule has 0 radical (unpaired) electrons. The Morgan fingerprint density at radius 3 is 2.59 bits per heavy atom. The number of halogens is 1. The number of hydrogen-bond donors (Lipinski definition) is 1. The minimum atomic E-state index is 0.330. The summed E-state index contributed by atoms with van der Waals surface area (Å²) in [6, 6.07) is 22.0. The van der Waals surface area contributed by atoms with Crippen LogP contribution in [-0.2, 0) is 0 Å². The van der Waals surface area contributed by atoms with E-state index in [1.165, 1.54) is 0 Å². The lowest BCUT2D eigenvalue weighted by Gasteiger charge is -2.19. The second kappa shape index (κ2) is 10.1. The molecule has 0 unspecified atom stereocenters. The molecule has 0 amide bonds. The van der Waals surface area contributed by atoms with E-state index in [9.17, 15) is 0 Å². The monoisotopic (exact) mass is 476 g/mol. The van der Waals surface area contributed by atoms with Gasteiger partial charge in [-0.25, -0.2) is 4.98 Å². The first kappa shape index (κ1) is 22.7. The van der Waals surface area contributed by atoms with Crippen LogP contribution in [0.25, 0.3) is 22.6 Å². The summed E-state index contributed by atoms with van der Waals surface area (Å²) in [5.74, 6) is 1.45. The molecule has 34 heavy (non-hydrogen) atoms. The lowest BCUT2D eigenvalue weighted by molar-refractivity contribution is 0.262. The van der Waals surface area contributed by atoms with Crippen molar-refractivity contribution >= 4 is 34.1 Å². The Morgan fingerprint density at radius 1 is 1.09 bits per heavy atom. The number of fused-ring (bicyclic) bond motifs is 1. The van der Waals surface area contributed by atoms with Gasteiger partial charge in [-0.05, 0) is 80.1 Å². The Morgan fingerprint density at radius 2 is 1.85 bits per heavy atom. The molecule has 0 saturated carbocycles. The molecule has 1 fully saturated rings. The summed E-state index contributed by atoms with van der Waals surface area (Å²) in [5, 5.41) is 0.719. The quantitative estimate of drug-likeness (QED) is 0.328. The van der Waals surface area contributed by atoms with Crippen molar-refractivity contribution in [1.82, 2.24) is 9.88 Å². The van der Waals surface area contributed by atoms with Gasteiger partial charge in [-0.2, -0.15) is 0 Å². The van der Waals surface area contributed by atoms with Gasteiger partial charge in [0.05, 0.1) is 6.61 Å². The number of nitrogens with zero attached hydrogens (tertiary/aromatic N) is 3. The largest absolute Gasteiger partial charge is 0.494 e. The number of anilines is 2. The summed E-state index contributed by atoms with van der Waals surface area (Å²) >= 11 is 6.02. The average molecular weight is 477 g/mol. The minimum Gasteiger partial charge on any atom is -0.494 e. The molecule has 7 heteroatoms. The Hall–Kier alpha value is -3.06. The summed E-state index contributed by atoms with van der Waals surface area (Å²) < 4.78 is 12.0. The molecule has 1 aliphatic heterocycles. The Labute approximate surface area is 204 Å². The van der Waals surface area contributed by atoms with Crippen LogP contribution in [0, 0.1) is 0 Å². The Kier molecular flexibility index (Phi) is 6.72. The van der Waals surface area contributed by atoms with Gasteiger partial charge in [0.2, 0.25) is 5.89 Å². The van der Waals surface area contributed by atoms with E-state index in [1.807, 2.05) is 73.8 Å². The molecule has 3 aromatic carbocycles. The zero-order chi connectivity index (χ0) is 23.5. The standard InChI is InChI=1S/C27H29ClN4O2/c1-31(22-7-5-20(28)6-8-22)23-9-12-25-26(17-23)34-27(30-25)19-3-10-24(11-4-19)33-16-2-14-32-15-13-21(29)18-32/h3-12,17,21H,2,13-16,18,29H2,1H3/t21-/m1/s1. The Bertz CT molecular complexity index is 1240. The van der Waals surface area contributed by atoms with Crippen molar-refractivity contribution in [3.8, 4) is 17.2 Å². The van der Waals surface area contributed by atoms with Crippen molar-refractivity contribution in [3.63, 3.8) is 0 Å². The number of benzene rings is 3. The number of ether oxygens (including phenoxy) is 1. The van der Waals surface area contributed by atoms with Crippen LogP contribution in [0.3, 0.4) is 0 Å². The van der Waals surface area contributed by atoms with E-state index in [4.69, 9.17) is 26.5 Å². The van der Waals surface area contributed by atoms with Gasteiger partial charge in [0.25, 0.3) is 0 Å². The highest BCUT2D eigenvalue weighted by atomic mass is 35.5.